The number of ether oxygens (including phenoxy) is 2. The molecule has 0 saturated heterocycles. The summed E-state index contributed by atoms with van der Waals surface area (Å²) in [5.41, 5.74) is 2.21. The molecule has 0 aromatic heterocycles. The van der Waals surface area contributed by atoms with Gasteiger partial charge in [-0.15, -0.1) is 0 Å². The van der Waals surface area contributed by atoms with E-state index in [0.717, 1.165) is 5.56 Å². The summed E-state index contributed by atoms with van der Waals surface area (Å²) in [6.45, 7) is 5.94. The Kier molecular flexibility index (Phi) is 3.99. The van der Waals surface area contributed by atoms with Crippen LogP contribution in [-0.4, -0.2) is 25.0 Å². The van der Waals surface area contributed by atoms with Crippen molar-refractivity contribution in [2.75, 3.05) is 14.2 Å². The predicted octanol–water partition coefficient (Wildman–Crippen LogP) is 2.40. The molecular weight excluding hydrogens is 268 g/mol. The Labute approximate surface area is 123 Å². The summed E-state index contributed by atoms with van der Waals surface area (Å²) in [4.78, 5) is 13.7. The van der Waals surface area contributed by atoms with Crippen LogP contribution in [0, 0.1) is 11.3 Å². The SMILES string of the molecule is C=C1C(C)=C(C#N)C(=O)N1Cc1ccc(OC)c(OC)c1. The normalized spacial score (nSPS) is 14.5. The maximum Gasteiger partial charge on any atom is 0.269 e. The average Bonchev–Trinajstić information content (AvgIpc) is 2.70. The first-order valence-corrected chi connectivity index (χ1v) is 6.36. The molecule has 1 amide bonds. The lowest BCUT2D eigenvalue weighted by atomic mass is 10.1. The van der Waals surface area contributed by atoms with Crippen molar-refractivity contribution >= 4 is 5.91 Å². The van der Waals surface area contributed by atoms with Crippen LogP contribution in [0.3, 0.4) is 0 Å². The molecule has 0 saturated carbocycles. The lowest BCUT2D eigenvalue weighted by Gasteiger charge is -2.19. The summed E-state index contributed by atoms with van der Waals surface area (Å²) >= 11 is 0. The van der Waals surface area contributed by atoms with Gasteiger partial charge in [-0.3, -0.25) is 4.79 Å². The molecule has 0 aliphatic carbocycles. The van der Waals surface area contributed by atoms with Gasteiger partial charge in [0.15, 0.2) is 11.5 Å². The first kappa shape index (κ1) is 14.7. The van der Waals surface area contributed by atoms with E-state index in [-0.39, 0.29) is 11.5 Å². The van der Waals surface area contributed by atoms with Gasteiger partial charge in [0.1, 0.15) is 11.6 Å². The van der Waals surface area contributed by atoms with Gasteiger partial charge in [0.25, 0.3) is 5.91 Å². The summed E-state index contributed by atoms with van der Waals surface area (Å²) in [7, 11) is 3.12. The molecule has 1 heterocycles. The van der Waals surface area contributed by atoms with E-state index in [1.165, 1.54) is 4.90 Å². The molecule has 0 atom stereocenters. The van der Waals surface area contributed by atoms with Crippen molar-refractivity contribution in [2.24, 2.45) is 0 Å². The number of benzene rings is 1. The van der Waals surface area contributed by atoms with E-state index in [1.54, 1.807) is 33.3 Å². The fraction of sp³-hybridized carbons (Fsp3) is 0.250. The Morgan fingerprint density at radius 2 is 1.95 bits per heavy atom. The molecule has 0 fully saturated rings. The number of rotatable bonds is 4. The van der Waals surface area contributed by atoms with Gasteiger partial charge < -0.3 is 14.4 Å². The molecule has 108 valence electrons. The molecule has 5 heteroatoms. The van der Waals surface area contributed by atoms with E-state index in [2.05, 4.69) is 6.58 Å². The molecule has 2 rings (SSSR count). The Morgan fingerprint density at radius 1 is 1.29 bits per heavy atom. The van der Waals surface area contributed by atoms with Crippen molar-refractivity contribution in [3.05, 3.63) is 47.2 Å². The third kappa shape index (κ3) is 2.48. The molecule has 1 aromatic rings. The van der Waals surface area contributed by atoms with Crippen molar-refractivity contribution in [1.29, 1.82) is 5.26 Å². The lowest BCUT2D eigenvalue weighted by molar-refractivity contribution is -0.124. The largest absolute Gasteiger partial charge is 0.493 e. The maximum atomic E-state index is 12.2. The van der Waals surface area contributed by atoms with Crippen molar-refractivity contribution in [3.63, 3.8) is 0 Å². The fourth-order valence-electron chi connectivity index (χ4n) is 2.23. The molecule has 1 aromatic carbocycles. The lowest BCUT2D eigenvalue weighted by Crippen LogP contribution is -2.24. The third-order valence-electron chi connectivity index (χ3n) is 3.49. The molecule has 0 spiro atoms. The minimum absolute atomic E-state index is 0.153. The van der Waals surface area contributed by atoms with Gasteiger partial charge in [0.05, 0.1) is 20.8 Å². The quantitative estimate of drug-likeness (QED) is 0.851. The Hall–Kier alpha value is -2.74. The molecule has 5 nitrogen and oxygen atoms in total. The van der Waals surface area contributed by atoms with Crippen LogP contribution in [-0.2, 0) is 11.3 Å². The standard InChI is InChI=1S/C16H16N2O3/c1-10-11(2)18(16(19)13(10)8-17)9-12-5-6-14(20-3)15(7-12)21-4/h5-7H,2,9H2,1,3-4H3. The number of allylic oxidation sites excluding steroid dienone is 1. The van der Waals surface area contributed by atoms with Crippen LogP contribution in [0.15, 0.2) is 41.6 Å². The number of carbonyl (C=O) groups excluding carboxylic acids is 1. The summed E-state index contributed by atoms with van der Waals surface area (Å²) in [6.07, 6.45) is 0. The number of hydrogen-bond donors (Lipinski definition) is 0. The van der Waals surface area contributed by atoms with Gasteiger partial charge in [-0.25, -0.2) is 0 Å². The second-order valence-electron chi connectivity index (χ2n) is 4.64. The number of hydrogen-bond acceptors (Lipinski definition) is 4. The van der Waals surface area contributed by atoms with E-state index in [0.29, 0.717) is 29.3 Å². The zero-order chi connectivity index (χ0) is 15.6. The second kappa shape index (κ2) is 5.71. The summed E-state index contributed by atoms with van der Waals surface area (Å²) in [5, 5.41) is 9.03. The number of amides is 1. The van der Waals surface area contributed by atoms with E-state index in [4.69, 9.17) is 14.7 Å². The monoisotopic (exact) mass is 284 g/mol. The topological polar surface area (TPSA) is 62.6 Å². The van der Waals surface area contributed by atoms with Crippen molar-refractivity contribution < 1.29 is 14.3 Å². The first-order valence-electron chi connectivity index (χ1n) is 6.36. The van der Waals surface area contributed by atoms with E-state index < -0.39 is 0 Å². The second-order valence-corrected chi connectivity index (χ2v) is 4.64. The molecule has 1 aliphatic rings. The van der Waals surface area contributed by atoms with Crippen LogP contribution in [0.2, 0.25) is 0 Å². The molecule has 0 bridgehead atoms. The van der Waals surface area contributed by atoms with Gasteiger partial charge in [-0.2, -0.15) is 5.26 Å². The molecule has 0 unspecified atom stereocenters. The van der Waals surface area contributed by atoms with Crippen molar-refractivity contribution in [1.82, 2.24) is 4.90 Å². The number of nitrogens with zero attached hydrogens (tertiary/aromatic N) is 2. The van der Waals surface area contributed by atoms with Gasteiger partial charge in [0.2, 0.25) is 0 Å². The van der Waals surface area contributed by atoms with Crippen LogP contribution >= 0.6 is 0 Å². The highest BCUT2D eigenvalue weighted by molar-refractivity contribution is 6.03. The molecule has 0 N–H and O–H groups in total. The van der Waals surface area contributed by atoms with Crippen molar-refractivity contribution in [3.8, 4) is 17.6 Å². The summed E-state index contributed by atoms with van der Waals surface area (Å²) < 4.78 is 10.4. The molecule has 0 radical (unpaired) electrons. The average molecular weight is 284 g/mol. The van der Waals surface area contributed by atoms with E-state index >= 15 is 0 Å². The molecule has 21 heavy (non-hydrogen) atoms. The minimum Gasteiger partial charge on any atom is -0.493 e. The van der Waals surface area contributed by atoms with Crippen LogP contribution in [0.5, 0.6) is 11.5 Å². The van der Waals surface area contributed by atoms with Gasteiger partial charge in [-0.1, -0.05) is 12.6 Å². The Balaban J connectivity index is 2.27. The van der Waals surface area contributed by atoms with E-state index in [1.807, 2.05) is 12.1 Å². The number of methoxy groups -OCH3 is 2. The van der Waals surface area contributed by atoms with Crippen LogP contribution in [0.25, 0.3) is 0 Å². The zero-order valence-corrected chi connectivity index (χ0v) is 12.3. The van der Waals surface area contributed by atoms with Crippen LogP contribution in [0.4, 0.5) is 0 Å². The zero-order valence-electron chi connectivity index (χ0n) is 12.3. The van der Waals surface area contributed by atoms with Crippen LogP contribution in [0.1, 0.15) is 12.5 Å². The highest BCUT2D eigenvalue weighted by Crippen LogP contribution is 2.32. The highest BCUT2D eigenvalue weighted by Gasteiger charge is 2.31. The maximum absolute atomic E-state index is 12.2. The summed E-state index contributed by atoms with van der Waals surface area (Å²) in [5.74, 6) is 0.909. The smallest absolute Gasteiger partial charge is 0.269 e. The predicted molar refractivity (Wildman–Crippen MR) is 77.5 cm³/mol. The van der Waals surface area contributed by atoms with Crippen LogP contribution < -0.4 is 9.47 Å². The third-order valence-corrected chi connectivity index (χ3v) is 3.49. The van der Waals surface area contributed by atoms with E-state index in [9.17, 15) is 4.79 Å². The Morgan fingerprint density at radius 3 is 2.48 bits per heavy atom. The minimum atomic E-state index is -0.310. The summed E-state index contributed by atoms with van der Waals surface area (Å²) in [6, 6.07) is 7.37. The first-order chi connectivity index (χ1) is 10.0. The van der Waals surface area contributed by atoms with Crippen molar-refractivity contribution in [2.45, 2.75) is 13.5 Å². The molecular formula is C16H16N2O3. The van der Waals surface area contributed by atoms with Gasteiger partial charge >= 0.3 is 0 Å². The highest BCUT2D eigenvalue weighted by atomic mass is 16.5. The number of carbonyl (C=O) groups is 1. The fourth-order valence-corrected chi connectivity index (χ4v) is 2.23. The van der Waals surface area contributed by atoms with Gasteiger partial charge in [-0.05, 0) is 30.2 Å². The van der Waals surface area contributed by atoms with Gasteiger partial charge in [0, 0.05) is 5.70 Å². The number of nitriles is 1. The molecule has 1 aliphatic heterocycles. The Bertz CT molecular complexity index is 683.